The van der Waals surface area contributed by atoms with Crippen molar-refractivity contribution in [2.45, 2.75) is 27.3 Å². The molecular formula is C15H18N2OS. The monoisotopic (exact) mass is 274 g/mol. The van der Waals surface area contributed by atoms with Gasteiger partial charge in [0, 0.05) is 34.6 Å². The third-order valence-corrected chi connectivity index (χ3v) is 3.80. The molecule has 0 fully saturated rings. The van der Waals surface area contributed by atoms with Crippen molar-refractivity contribution in [1.29, 1.82) is 0 Å². The van der Waals surface area contributed by atoms with E-state index < -0.39 is 0 Å². The molecule has 0 aliphatic rings. The Balaban J connectivity index is 2.01. The van der Waals surface area contributed by atoms with Crippen molar-refractivity contribution in [1.82, 2.24) is 0 Å². The molecule has 4 heteroatoms. The molecule has 0 radical (unpaired) electrons. The highest BCUT2D eigenvalue weighted by Crippen LogP contribution is 2.21. The van der Waals surface area contributed by atoms with Crippen molar-refractivity contribution in [3.8, 4) is 0 Å². The highest BCUT2D eigenvalue weighted by molar-refractivity contribution is 7.11. The highest BCUT2D eigenvalue weighted by atomic mass is 32.1. The molecule has 0 aliphatic carbocycles. The normalized spacial score (nSPS) is 10.3. The summed E-state index contributed by atoms with van der Waals surface area (Å²) >= 11 is 1.80. The Kier molecular flexibility index (Phi) is 4.22. The molecule has 19 heavy (non-hydrogen) atoms. The predicted molar refractivity (Wildman–Crippen MR) is 81.9 cm³/mol. The van der Waals surface area contributed by atoms with Gasteiger partial charge in [-0.2, -0.15) is 0 Å². The number of benzene rings is 1. The second-order valence-corrected chi connectivity index (χ2v) is 5.95. The Labute approximate surface area is 117 Å². The van der Waals surface area contributed by atoms with E-state index in [9.17, 15) is 4.79 Å². The fourth-order valence-corrected chi connectivity index (χ4v) is 2.70. The van der Waals surface area contributed by atoms with Gasteiger partial charge >= 0.3 is 0 Å². The molecule has 1 amide bonds. The van der Waals surface area contributed by atoms with Crippen molar-refractivity contribution < 1.29 is 4.79 Å². The average Bonchev–Trinajstić information content (AvgIpc) is 2.75. The van der Waals surface area contributed by atoms with E-state index in [1.54, 1.807) is 11.3 Å². The first kappa shape index (κ1) is 13.6. The van der Waals surface area contributed by atoms with E-state index >= 15 is 0 Å². The van der Waals surface area contributed by atoms with Crippen molar-refractivity contribution in [2.75, 3.05) is 10.6 Å². The van der Waals surface area contributed by atoms with Crippen LogP contribution in [0.4, 0.5) is 11.4 Å². The maximum Gasteiger partial charge on any atom is 0.221 e. The Morgan fingerprint density at radius 3 is 2.58 bits per heavy atom. The predicted octanol–water partition coefficient (Wildman–Crippen LogP) is 3.94. The van der Waals surface area contributed by atoms with Crippen LogP contribution in [-0.2, 0) is 11.3 Å². The molecule has 0 spiro atoms. The van der Waals surface area contributed by atoms with E-state index in [0.29, 0.717) is 0 Å². The lowest BCUT2D eigenvalue weighted by molar-refractivity contribution is -0.114. The fraction of sp³-hybridized carbons (Fsp3) is 0.267. The number of carbonyl (C=O) groups excluding carboxylic acids is 1. The quantitative estimate of drug-likeness (QED) is 0.886. The number of amides is 1. The van der Waals surface area contributed by atoms with Crippen molar-refractivity contribution in [3.63, 3.8) is 0 Å². The minimum absolute atomic E-state index is 0.0436. The lowest BCUT2D eigenvalue weighted by atomic mass is 10.1. The van der Waals surface area contributed by atoms with Gasteiger partial charge in [-0.05, 0) is 49.7 Å². The smallest absolute Gasteiger partial charge is 0.221 e. The van der Waals surface area contributed by atoms with Crippen LogP contribution in [0, 0.1) is 13.8 Å². The van der Waals surface area contributed by atoms with E-state index in [0.717, 1.165) is 23.5 Å². The molecule has 100 valence electrons. The Hall–Kier alpha value is -1.81. The van der Waals surface area contributed by atoms with Crippen LogP contribution >= 0.6 is 11.3 Å². The molecule has 1 aromatic carbocycles. The van der Waals surface area contributed by atoms with Gasteiger partial charge < -0.3 is 10.6 Å². The molecule has 0 saturated heterocycles. The van der Waals surface area contributed by atoms with Gasteiger partial charge in [0.15, 0.2) is 0 Å². The Bertz CT molecular complexity index is 590. The summed E-state index contributed by atoms with van der Waals surface area (Å²) in [6.45, 7) is 6.45. The molecule has 0 saturated carbocycles. The van der Waals surface area contributed by atoms with Gasteiger partial charge in [-0.15, -0.1) is 11.3 Å². The van der Waals surface area contributed by atoms with Crippen LogP contribution in [0.1, 0.15) is 22.2 Å². The van der Waals surface area contributed by atoms with E-state index in [1.165, 1.54) is 16.7 Å². The molecule has 2 rings (SSSR count). The van der Waals surface area contributed by atoms with Crippen LogP contribution in [0.25, 0.3) is 0 Å². The molecule has 0 bridgehead atoms. The topological polar surface area (TPSA) is 41.1 Å². The summed E-state index contributed by atoms with van der Waals surface area (Å²) in [6.07, 6.45) is 0. The van der Waals surface area contributed by atoms with Crippen molar-refractivity contribution in [3.05, 3.63) is 45.6 Å². The van der Waals surface area contributed by atoms with Crippen LogP contribution in [0.2, 0.25) is 0 Å². The van der Waals surface area contributed by atoms with E-state index in [4.69, 9.17) is 0 Å². The van der Waals surface area contributed by atoms with Gasteiger partial charge in [0.1, 0.15) is 0 Å². The summed E-state index contributed by atoms with van der Waals surface area (Å²) in [4.78, 5) is 13.7. The van der Waals surface area contributed by atoms with Gasteiger partial charge in [0.2, 0.25) is 5.91 Å². The van der Waals surface area contributed by atoms with Gasteiger partial charge in [-0.1, -0.05) is 0 Å². The van der Waals surface area contributed by atoms with Gasteiger partial charge in [-0.25, -0.2) is 0 Å². The second kappa shape index (κ2) is 5.89. The summed E-state index contributed by atoms with van der Waals surface area (Å²) in [7, 11) is 0. The Morgan fingerprint density at radius 1 is 1.21 bits per heavy atom. The minimum Gasteiger partial charge on any atom is -0.380 e. The molecule has 0 aliphatic heterocycles. The molecule has 1 aromatic heterocycles. The third kappa shape index (κ3) is 3.83. The van der Waals surface area contributed by atoms with E-state index in [1.807, 2.05) is 25.1 Å². The number of thiophene rings is 1. The Morgan fingerprint density at radius 2 is 2.00 bits per heavy atom. The first-order valence-corrected chi connectivity index (χ1v) is 7.03. The largest absolute Gasteiger partial charge is 0.380 e. The number of rotatable bonds is 4. The summed E-state index contributed by atoms with van der Waals surface area (Å²) in [5.74, 6) is -0.0436. The maximum atomic E-state index is 11.0. The zero-order valence-electron chi connectivity index (χ0n) is 11.4. The lowest BCUT2D eigenvalue weighted by Crippen LogP contribution is -2.07. The molecule has 1 heterocycles. The van der Waals surface area contributed by atoms with Crippen LogP contribution in [0.3, 0.4) is 0 Å². The van der Waals surface area contributed by atoms with Crippen LogP contribution in [0.15, 0.2) is 30.3 Å². The first-order valence-electron chi connectivity index (χ1n) is 6.22. The highest BCUT2D eigenvalue weighted by Gasteiger charge is 2.02. The number of nitrogens with one attached hydrogen (secondary N) is 2. The van der Waals surface area contributed by atoms with Gasteiger partial charge in [0.25, 0.3) is 0 Å². The number of hydrogen-bond donors (Lipinski definition) is 2. The summed E-state index contributed by atoms with van der Waals surface area (Å²) in [5, 5.41) is 6.21. The summed E-state index contributed by atoms with van der Waals surface area (Å²) in [5.41, 5.74) is 2.99. The number of carbonyl (C=O) groups is 1. The molecule has 2 aromatic rings. The standard InChI is InChI=1S/C15H18N2OS/c1-10-8-13(5-7-15(10)17-12(3)18)16-9-14-6-4-11(2)19-14/h4-8,16H,9H2,1-3H3,(H,17,18). The van der Waals surface area contributed by atoms with Crippen molar-refractivity contribution in [2.24, 2.45) is 0 Å². The minimum atomic E-state index is -0.0436. The molecule has 0 atom stereocenters. The van der Waals surface area contributed by atoms with Crippen molar-refractivity contribution >= 4 is 28.6 Å². The van der Waals surface area contributed by atoms with Crippen LogP contribution in [-0.4, -0.2) is 5.91 Å². The third-order valence-electron chi connectivity index (χ3n) is 2.80. The zero-order valence-corrected chi connectivity index (χ0v) is 12.2. The molecule has 0 unspecified atom stereocenters. The zero-order chi connectivity index (χ0) is 13.8. The lowest BCUT2D eigenvalue weighted by Gasteiger charge is -2.10. The molecule has 3 nitrogen and oxygen atoms in total. The van der Waals surface area contributed by atoms with Crippen LogP contribution in [0.5, 0.6) is 0 Å². The van der Waals surface area contributed by atoms with E-state index in [2.05, 4.69) is 29.7 Å². The van der Waals surface area contributed by atoms with E-state index in [-0.39, 0.29) is 5.91 Å². The van der Waals surface area contributed by atoms with Crippen LogP contribution < -0.4 is 10.6 Å². The van der Waals surface area contributed by atoms with Gasteiger partial charge in [-0.3, -0.25) is 4.79 Å². The number of anilines is 2. The number of hydrogen-bond acceptors (Lipinski definition) is 3. The summed E-state index contributed by atoms with van der Waals surface area (Å²) < 4.78 is 0. The molecular weight excluding hydrogens is 256 g/mol. The van der Waals surface area contributed by atoms with Gasteiger partial charge in [0.05, 0.1) is 0 Å². The first-order chi connectivity index (χ1) is 9.04. The average molecular weight is 274 g/mol. The molecule has 2 N–H and O–H groups in total. The fourth-order valence-electron chi connectivity index (χ4n) is 1.87. The number of aryl methyl sites for hydroxylation is 2. The SMILES string of the molecule is CC(=O)Nc1ccc(NCc2ccc(C)s2)cc1C. The summed E-state index contributed by atoms with van der Waals surface area (Å²) in [6, 6.07) is 10.2. The second-order valence-electron chi connectivity index (χ2n) is 4.58. The maximum absolute atomic E-state index is 11.0.